The highest BCUT2D eigenvalue weighted by molar-refractivity contribution is 5.78. The molecule has 1 N–H and O–H groups in total. The number of carbonyl (C=O) groups is 1. The molecule has 1 amide bonds. The standard InChI is InChI=1S/C21H33N3O/c1-23(2)20(18-9-4-3-5-10-18)15-22-21(25)16-24-14-8-12-17-11-6-7-13-19(17)24/h3-5,9-10,17,19-20H,6-8,11-16H2,1-2H3,(H,22,25). The van der Waals surface area contributed by atoms with Crippen molar-refractivity contribution in [2.75, 3.05) is 33.7 Å². The molecule has 2 fully saturated rings. The van der Waals surface area contributed by atoms with Crippen LogP contribution in [0.25, 0.3) is 0 Å². The summed E-state index contributed by atoms with van der Waals surface area (Å²) in [5.41, 5.74) is 1.25. The Hall–Kier alpha value is -1.39. The zero-order valence-corrected chi connectivity index (χ0v) is 15.8. The average Bonchev–Trinajstić information content (AvgIpc) is 2.63. The van der Waals surface area contributed by atoms with Gasteiger partial charge in [0.1, 0.15) is 0 Å². The molecule has 138 valence electrons. The molecule has 1 aromatic rings. The summed E-state index contributed by atoms with van der Waals surface area (Å²) in [6.45, 7) is 2.32. The number of piperidine rings is 1. The number of nitrogens with one attached hydrogen (secondary N) is 1. The highest BCUT2D eigenvalue weighted by atomic mass is 16.2. The third-order valence-electron chi connectivity index (χ3n) is 6.01. The average molecular weight is 344 g/mol. The third-order valence-corrected chi connectivity index (χ3v) is 6.01. The van der Waals surface area contributed by atoms with E-state index >= 15 is 0 Å². The van der Waals surface area contributed by atoms with Gasteiger partial charge >= 0.3 is 0 Å². The zero-order valence-electron chi connectivity index (χ0n) is 15.8. The van der Waals surface area contributed by atoms with Crippen molar-refractivity contribution in [3.05, 3.63) is 35.9 Å². The highest BCUT2D eigenvalue weighted by Crippen LogP contribution is 2.34. The van der Waals surface area contributed by atoms with Crippen LogP contribution < -0.4 is 5.32 Å². The summed E-state index contributed by atoms with van der Waals surface area (Å²) in [4.78, 5) is 17.2. The Morgan fingerprint density at radius 3 is 2.64 bits per heavy atom. The zero-order chi connectivity index (χ0) is 17.6. The minimum absolute atomic E-state index is 0.175. The summed E-state index contributed by atoms with van der Waals surface area (Å²) >= 11 is 0. The number of amides is 1. The lowest BCUT2D eigenvalue weighted by Crippen LogP contribution is -2.51. The van der Waals surface area contributed by atoms with Crippen molar-refractivity contribution in [1.29, 1.82) is 0 Å². The van der Waals surface area contributed by atoms with Gasteiger partial charge in [-0.25, -0.2) is 0 Å². The van der Waals surface area contributed by atoms with E-state index in [1.54, 1.807) is 0 Å². The lowest BCUT2D eigenvalue weighted by Gasteiger charge is -2.43. The number of benzene rings is 1. The van der Waals surface area contributed by atoms with E-state index in [2.05, 4.69) is 53.5 Å². The molecule has 4 heteroatoms. The fourth-order valence-electron chi connectivity index (χ4n) is 4.65. The fraction of sp³-hybridized carbons (Fsp3) is 0.667. The predicted octanol–water partition coefficient (Wildman–Crippen LogP) is 3.06. The van der Waals surface area contributed by atoms with E-state index in [0.717, 1.165) is 12.5 Å². The summed E-state index contributed by atoms with van der Waals surface area (Å²) in [6.07, 6.45) is 7.96. The van der Waals surface area contributed by atoms with Gasteiger partial charge in [0.15, 0.2) is 0 Å². The Bertz CT molecular complexity index is 543. The molecule has 0 bridgehead atoms. The Morgan fingerprint density at radius 1 is 1.16 bits per heavy atom. The first-order valence-electron chi connectivity index (χ1n) is 9.87. The number of hydrogen-bond donors (Lipinski definition) is 1. The molecule has 1 saturated carbocycles. The Balaban J connectivity index is 1.53. The number of hydrogen-bond acceptors (Lipinski definition) is 3. The SMILES string of the molecule is CN(C)C(CNC(=O)CN1CCCC2CCCCC21)c1ccccc1. The van der Waals surface area contributed by atoms with Crippen LogP contribution in [0.4, 0.5) is 0 Å². The number of rotatable bonds is 6. The first-order valence-corrected chi connectivity index (χ1v) is 9.87. The number of nitrogens with zero attached hydrogens (tertiary/aromatic N) is 2. The van der Waals surface area contributed by atoms with E-state index in [1.165, 1.54) is 44.1 Å². The van der Waals surface area contributed by atoms with Gasteiger partial charge in [0, 0.05) is 12.6 Å². The van der Waals surface area contributed by atoms with Gasteiger partial charge < -0.3 is 10.2 Å². The summed E-state index contributed by atoms with van der Waals surface area (Å²) in [7, 11) is 4.14. The molecule has 25 heavy (non-hydrogen) atoms. The maximum absolute atomic E-state index is 12.6. The Labute approximate surface area is 152 Å². The predicted molar refractivity (Wildman–Crippen MR) is 102 cm³/mol. The lowest BCUT2D eigenvalue weighted by atomic mass is 9.78. The van der Waals surface area contributed by atoms with E-state index in [-0.39, 0.29) is 11.9 Å². The topological polar surface area (TPSA) is 35.6 Å². The van der Waals surface area contributed by atoms with Crippen LogP contribution in [-0.2, 0) is 4.79 Å². The third kappa shape index (κ3) is 4.83. The lowest BCUT2D eigenvalue weighted by molar-refractivity contribution is -0.124. The second-order valence-corrected chi connectivity index (χ2v) is 7.92. The van der Waals surface area contributed by atoms with Crippen LogP contribution in [0.1, 0.15) is 50.1 Å². The second kappa shape index (κ2) is 8.81. The Morgan fingerprint density at radius 2 is 1.88 bits per heavy atom. The summed E-state index contributed by atoms with van der Waals surface area (Å²) in [6, 6.07) is 11.3. The number of likely N-dealkylation sites (tertiary alicyclic amines) is 1. The molecule has 1 aliphatic heterocycles. The molecular formula is C21H33N3O. The molecule has 0 spiro atoms. The number of fused-ring (bicyclic) bond motifs is 1. The normalized spacial score (nSPS) is 25.4. The first kappa shape index (κ1) is 18.4. The maximum atomic E-state index is 12.6. The molecule has 3 unspecified atom stereocenters. The number of carbonyl (C=O) groups excluding carboxylic acids is 1. The van der Waals surface area contributed by atoms with E-state index in [4.69, 9.17) is 0 Å². The maximum Gasteiger partial charge on any atom is 0.234 e. The van der Waals surface area contributed by atoms with E-state index in [1.807, 2.05) is 6.07 Å². The van der Waals surface area contributed by atoms with Gasteiger partial charge in [-0.3, -0.25) is 9.69 Å². The van der Waals surface area contributed by atoms with Gasteiger partial charge in [-0.1, -0.05) is 43.2 Å². The molecule has 3 atom stereocenters. The van der Waals surface area contributed by atoms with E-state index in [9.17, 15) is 4.79 Å². The van der Waals surface area contributed by atoms with Crippen LogP contribution in [0, 0.1) is 5.92 Å². The van der Waals surface area contributed by atoms with Gasteiger partial charge in [-0.2, -0.15) is 0 Å². The molecule has 0 aromatic heterocycles. The van der Waals surface area contributed by atoms with Gasteiger partial charge in [0.25, 0.3) is 0 Å². The van der Waals surface area contributed by atoms with Crippen molar-refractivity contribution >= 4 is 5.91 Å². The molecule has 1 aromatic carbocycles. The largest absolute Gasteiger partial charge is 0.353 e. The van der Waals surface area contributed by atoms with Gasteiger partial charge in [0.05, 0.1) is 12.6 Å². The van der Waals surface area contributed by atoms with Crippen molar-refractivity contribution in [1.82, 2.24) is 15.1 Å². The fourth-order valence-corrected chi connectivity index (χ4v) is 4.65. The molecule has 3 rings (SSSR count). The minimum atomic E-state index is 0.175. The van der Waals surface area contributed by atoms with Crippen molar-refractivity contribution in [2.24, 2.45) is 5.92 Å². The Kier molecular flexibility index (Phi) is 6.49. The minimum Gasteiger partial charge on any atom is -0.353 e. The van der Waals surface area contributed by atoms with Crippen LogP contribution in [0.5, 0.6) is 0 Å². The summed E-state index contributed by atoms with van der Waals surface area (Å²) in [5, 5.41) is 3.18. The monoisotopic (exact) mass is 343 g/mol. The first-order chi connectivity index (χ1) is 12.1. The molecule has 1 heterocycles. The molecule has 4 nitrogen and oxygen atoms in total. The molecule has 0 radical (unpaired) electrons. The van der Waals surface area contributed by atoms with Crippen molar-refractivity contribution < 1.29 is 4.79 Å². The molecular weight excluding hydrogens is 310 g/mol. The summed E-state index contributed by atoms with van der Waals surface area (Å²) in [5.74, 6) is 1.00. The molecule has 1 aliphatic carbocycles. The second-order valence-electron chi connectivity index (χ2n) is 7.92. The van der Waals surface area contributed by atoms with Crippen LogP contribution in [0.15, 0.2) is 30.3 Å². The van der Waals surface area contributed by atoms with Crippen LogP contribution in [0.2, 0.25) is 0 Å². The van der Waals surface area contributed by atoms with Crippen molar-refractivity contribution in [3.8, 4) is 0 Å². The number of likely N-dealkylation sites (N-methyl/N-ethyl adjacent to an activating group) is 1. The summed E-state index contributed by atoms with van der Waals surface area (Å²) < 4.78 is 0. The highest BCUT2D eigenvalue weighted by Gasteiger charge is 2.33. The van der Waals surface area contributed by atoms with Gasteiger partial charge in [-0.15, -0.1) is 0 Å². The van der Waals surface area contributed by atoms with E-state index in [0.29, 0.717) is 19.1 Å². The molecule has 2 aliphatic rings. The van der Waals surface area contributed by atoms with Crippen LogP contribution in [0.3, 0.4) is 0 Å². The van der Waals surface area contributed by atoms with E-state index < -0.39 is 0 Å². The van der Waals surface area contributed by atoms with Gasteiger partial charge in [-0.05, 0) is 57.8 Å². The van der Waals surface area contributed by atoms with Crippen molar-refractivity contribution in [3.63, 3.8) is 0 Å². The van der Waals surface area contributed by atoms with Crippen LogP contribution in [-0.4, -0.2) is 55.5 Å². The smallest absolute Gasteiger partial charge is 0.234 e. The van der Waals surface area contributed by atoms with Crippen molar-refractivity contribution in [2.45, 2.75) is 50.6 Å². The van der Waals surface area contributed by atoms with Crippen LogP contribution >= 0.6 is 0 Å². The molecule has 1 saturated heterocycles. The van der Waals surface area contributed by atoms with Gasteiger partial charge in [0.2, 0.25) is 5.91 Å². The quantitative estimate of drug-likeness (QED) is 0.862.